The zero-order valence-corrected chi connectivity index (χ0v) is 9.81. The van der Waals surface area contributed by atoms with Crippen molar-refractivity contribution >= 4 is 0 Å². The summed E-state index contributed by atoms with van der Waals surface area (Å²) in [6.45, 7) is 4.00. The quantitative estimate of drug-likeness (QED) is 0.853. The first kappa shape index (κ1) is 11.7. The Morgan fingerprint density at radius 1 is 1.24 bits per heavy atom. The maximum absolute atomic E-state index is 12.7. The molecule has 0 saturated heterocycles. The van der Waals surface area contributed by atoms with Crippen LogP contribution < -0.4 is 5.32 Å². The summed E-state index contributed by atoms with van der Waals surface area (Å²) in [7, 11) is 0. The van der Waals surface area contributed by atoms with Crippen LogP contribution in [-0.2, 0) is 0 Å². The van der Waals surface area contributed by atoms with Crippen LogP contribution in [0.3, 0.4) is 0 Å². The first-order chi connectivity index (χ1) is 8.16. The van der Waals surface area contributed by atoms with Crippen LogP contribution in [0.4, 0.5) is 4.39 Å². The maximum atomic E-state index is 12.7. The van der Waals surface area contributed by atoms with E-state index in [-0.39, 0.29) is 17.9 Å². The molecule has 0 spiro atoms. The minimum atomic E-state index is -0.319. The third kappa shape index (κ3) is 2.88. The molecule has 0 aromatic carbocycles. The summed E-state index contributed by atoms with van der Waals surface area (Å²) in [6.07, 6.45) is 4.73. The Bertz CT molecular complexity index is 452. The van der Waals surface area contributed by atoms with Gasteiger partial charge in [0.1, 0.15) is 11.6 Å². The lowest BCUT2D eigenvalue weighted by atomic mass is 10.2. The summed E-state index contributed by atoms with van der Waals surface area (Å²) in [4.78, 5) is 11.3. The highest BCUT2D eigenvalue weighted by molar-refractivity contribution is 5.09. The summed E-state index contributed by atoms with van der Waals surface area (Å²) in [5.41, 5.74) is 0.810. The van der Waals surface area contributed by atoms with Crippen LogP contribution in [0.15, 0.2) is 30.7 Å². The Kier molecular flexibility index (Phi) is 3.49. The van der Waals surface area contributed by atoms with Crippen molar-refractivity contribution in [3.63, 3.8) is 0 Å². The number of aromatic nitrogens is 3. The van der Waals surface area contributed by atoms with Gasteiger partial charge in [0.05, 0.1) is 17.9 Å². The van der Waals surface area contributed by atoms with Gasteiger partial charge < -0.3 is 4.98 Å². The molecular formula is C12H15FN4. The second-order valence-corrected chi connectivity index (χ2v) is 3.99. The number of imidazole rings is 1. The lowest BCUT2D eigenvalue weighted by molar-refractivity contribution is 0.470. The first-order valence-electron chi connectivity index (χ1n) is 5.53. The zero-order chi connectivity index (χ0) is 12.3. The molecule has 0 saturated carbocycles. The number of nitrogens with zero attached hydrogens (tertiary/aromatic N) is 2. The number of nitrogens with one attached hydrogen (secondary N) is 2. The van der Waals surface area contributed by atoms with Gasteiger partial charge in [-0.1, -0.05) is 0 Å². The summed E-state index contributed by atoms with van der Waals surface area (Å²) in [6, 6.07) is 3.22. The Morgan fingerprint density at radius 2 is 2.06 bits per heavy atom. The molecule has 2 aromatic heterocycles. The highest BCUT2D eigenvalue weighted by Crippen LogP contribution is 2.15. The van der Waals surface area contributed by atoms with Gasteiger partial charge in [0.25, 0.3) is 0 Å². The summed E-state index contributed by atoms with van der Waals surface area (Å²) >= 11 is 0. The minimum Gasteiger partial charge on any atom is -0.347 e. The molecule has 2 unspecified atom stereocenters. The molecule has 5 heteroatoms. The number of rotatable bonds is 4. The Labute approximate surface area is 99.3 Å². The minimum absolute atomic E-state index is 0.0377. The predicted octanol–water partition coefficient (Wildman–Crippen LogP) is 2.36. The summed E-state index contributed by atoms with van der Waals surface area (Å²) < 4.78 is 12.7. The fraction of sp³-hybridized carbons (Fsp3) is 0.333. The molecule has 2 aromatic rings. The lowest BCUT2D eigenvalue weighted by Crippen LogP contribution is -2.24. The molecule has 0 fully saturated rings. The molecule has 2 atom stereocenters. The smallest absolute Gasteiger partial charge is 0.141 e. The van der Waals surface area contributed by atoms with E-state index in [1.165, 1.54) is 12.3 Å². The van der Waals surface area contributed by atoms with E-state index >= 15 is 0 Å². The number of pyridine rings is 1. The number of halogens is 1. The molecule has 2 N–H and O–H groups in total. The SMILES string of the molecule is CC(NC(C)c1ncc[nH]1)c1ccc(F)cn1. The van der Waals surface area contributed by atoms with E-state index in [0.29, 0.717) is 0 Å². The normalized spacial score (nSPS) is 14.5. The van der Waals surface area contributed by atoms with Crippen molar-refractivity contribution in [1.29, 1.82) is 0 Å². The van der Waals surface area contributed by atoms with Crippen LogP contribution >= 0.6 is 0 Å². The zero-order valence-electron chi connectivity index (χ0n) is 9.81. The van der Waals surface area contributed by atoms with Gasteiger partial charge in [-0.15, -0.1) is 0 Å². The van der Waals surface area contributed by atoms with Gasteiger partial charge in [-0.3, -0.25) is 10.3 Å². The molecular weight excluding hydrogens is 219 g/mol. The van der Waals surface area contributed by atoms with E-state index in [1.807, 2.05) is 13.8 Å². The standard InChI is InChI=1S/C12H15FN4/c1-8(11-4-3-10(13)7-16-11)17-9(2)12-14-5-6-15-12/h3-9,17H,1-2H3,(H,14,15). The topological polar surface area (TPSA) is 53.6 Å². The molecule has 4 nitrogen and oxygen atoms in total. The van der Waals surface area contributed by atoms with Crippen LogP contribution in [0.25, 0.3) is 0 Å². The largest absolute Gasteiger partial charge is 0.347 e. The van der Waals surface area contributed by atoms with Gasteiger partial charge in [-0.2, -0.15) is 0 Å². The van der Waals surface area contributed by atoms with Gasteiger partial charge >= 0.3 is 0 Å². The third-order valence-corrected chi connectivity index (χ3v) is 2.62. The second-order valence-electron chi connectivity index (χ2n) is 3.99. The Morgan fingerprint density at radius 3 is 2.65 bits per heavy atom. The molecule has 90 valence electrons. The molecule has 0 aliphatic carbocycles. The number of H-pyrrole nitrogens is 1. The van der Waals surface area contributed by atoms with E-state index in [1.54, 1.807) is 18.5 Å². The Hall–Kier alpha value is -1.75. The second kappa shape index (κ2) is 5.05. The molecule has 0 aliphatic rings. The van der Waals surface area contributed by atoms with Crippen molar-refractivity contribution in [3.8, 4) is 0 Å². The highest BCUT2D eigenvalue weighted by Gasteiger charge is 2.13. The fourth-order valence-electron chi connectivity index (χ4n) is 1.70. The average molecular weight is 234 g/mol. The lowest BCUT2D eigenvalue weighted by Gasteiger charge is -2.18. The van der Waals surface area contributed by atoms with Gasteiger partial charge in [0.15, 0.2) is 0 Å². The summed E-state index contributed by atoms with van der Waals surface area (Å²) in [5.74, 6) is 0.555. The van der Waals surface area contributed by atoms with E-state index in [0.717, 1.165) is 11.5 Å². The number of hydrogen-bond donors (Lipinski definition) is 2. The Balaban J connectivity index is 2.01. The molecule has 2 rings (SSSR count). The number of aromatic amines is 1. The van der Waals surface area contributed by atoms with Crippen molar-refractivity contribution in [1.82, 2.24) is 20.3 Å². The van der Waals surface area contributed by atoms with Crippen molar-refractivity contribution < 1.29 is 4.39 Å². The molecule has 0 bridgehead atoms. The molecule has 0 aliphatic heterocycles. The van der Waals surface area contributed by atoms with Crippen molar-refractivity contribution in [2.24, 2.45) is 0 Å². The van der Waals surface area contributed by atoms with Crippen molar-refractivity contribution in [2.75, 3.05) is 0 Å². The van der Waals surface area contributed by atoms with Crippen molar-refractivity contribution in [3.05, 3.63) is 48.1 Å². The summed E-state index contributed by atoms with van der Waals surface area (Å²) in [5, 5.41) is 3.34. The van der Waals surface area contributed by atoms with E-state index in [9.17, 15) is 4.39 Å². The van der Waals surface area contributed by atoms with Crippen LogP contribution in [0, 0.1) is 5.82 Å². The van der Waals surface area contributed by atoms with Crippen LogP contribution in [0.5, 0.6) is 0 Å². The van der Waals surface area contributed by atoms with Crippen LogP contribution in [0.1, 0.15) is 37.4 Å². The van der Waals surface area contributed by atoms with Gasteiger partial charge in [0, 0.05) is 18.4 Å². The molecule has 2 heterocycles. The highest BCUT2D eigenvalue weighted by atomic mass is 19.1. The monoisotopic (exact) mass is 234 g/mol. The first-order valence-corrected chi connectivity index (χ1v) is 5.53. The van der Waals surface area contributed by atoms with E-state index in [2.05, 4.69) is 20.3 Å². The molecule has 0 radical (unpaired) electrons. The average Bonchev–Trinajstić information content (AvgIpc) is 2.83. The molecule has 0 amide bonds. The van der Waals surface area contributed by atoms with Crippen LogP contribution in [-0.4, -0.2) is 15.0 Å². The predicted molar refractivity (Wildman–Crippen MR) is 62.7 cm³/mol. The van der Waals surface area contributed by atoms with E-state index in [4.69, 9.17) is 0 Å². The fourth-order valence-corrected chi connectivity index (χ4v) is 1.70. The van der Waals surface area contributed by atoms with Gasteiger partial charge in [-0.05, 0) is 26.0 Å². The molecule has 17 heavy (non-hydrogen) atoms. The van der Waals surface area contributed by atoms with Crippen LogP contribution in [0.2, 0.25) is 0 Å². The van der Waals surface area contributed by atoms with E-state index < -0.39 is 0 Å². The maximum Gasteiger partial charge on any atom is 0.141 e. The number of hydrogen-bond acceptors (Lipinski definition) is 3. The van der Waals surface area contributed by atoms with Gasteiger partial charge in [0.2, 0.25) is 0 Å². The van der Waals surface area contributed by atoms with Gasteiger partial charge in [-0.25, -0.2) is 9.37 Å². The third-order valence-electron chi connectivity index (χ3n) is 2.62. The van der Waals surface area contributed by atoms with Crippen molar-refractivity contribution in [2.45, 2.75) is 25.9 Å².